The Morgan fingerprint density at radius 3 is 2.42 bits per heavy atom. The highest BCUT2D eigenvalue weighted by atomic mass is 35.5. The first kappa shape index (κ1) is 24.5. The number of methoxy groups -OCH3 is 1. The number of nitrogens with two attached hydrogens (primary N) is 1. The van der Waals surface area contributed by atoms with E-state index in [1.165, 1.54) is 0 Å². The second kappa shape index (κ2) is 12.8. The van der Waals surface area contributed by atoms with Gasteiger partial charge in [0, 0.05) is 12.1 Å². The van der Waals surface area contributed by atoms with Crippen molar-refractivity contribution in [1.29, 1.82) is 0 Å². The number of nitrogens with one attached hydrogen (secondary N) is 2. The highest BCUT2D eigenvalue weighted by Crippen LogP contribution is 2.31. The van der Waals surface area contributed by atoms with Crippen LogP contribution in [0.15, 0.2) is 24.3 Å². The number of hydrogen-bond acceptors (Lipinski definition) is 5. The average Bonchev–Trinajstić information content (AvgIpc) is 3.14. The number of benzene rings is 1. The van der Waals surface area contributed by atoms with Crippen LogP contribution in [0, 0.1) is 0 Å². The first-order chi connectivity index (χ1) is 11.7. The van der Waals surface area contributed by atoms with Gasteiger partial charge in [-0.3, -0.25) is 14.5 Å². The lowest BCUT2D eigenvalue weighted by atomic mass is 10.0. The molecule has 26 heavy (non-hydrogen) atoms. The first-order valence-electron chi connectivity index (χ1n) is 8.26. The van der Waals surface area contributed by atoms with Crippen LogP contribution in [0.3, 0.4) is 0 Å². The van der Waals surface area contributed by atoms with Crippen LogP contribution in [-0.4, -0.2) is 56.5 Å². The largest absolute Gasteiger partial charge is 0.496 e. The van der Waals surface area contributed by atoms with Crippen LogP contribution >= 0.6 is 24.8 Å². The summed E-state index contributed by atoms with van der Waals surface area (Å²) in [4.78, 5) is 25.4. The van der Waals surface area contributed by atoms with Crippen molar-refractivity contribution in [2.75, 3.05) is 39.8 Å². The monoisotopic (exact) mass is 406 g/mol. The van der Waals surface area contributed by atoms with Gasteiger partial charge in [0.15, 0.2) is 0 Å². The Morgan fingerprint density at radius 2 is 1.81 bits per heavy atom. The van der Waals surface area contributed by atoms with Crippen LogP contribution in [0.2, 0.25) is 0 Å². The van der Waals surface area contributed by atoms with E-state index in [1.54, 1.807) is 7.11 Å². The number of carbonyl (C=O) groups excluding carboxylic acids is 2. The third-order valence-electron chi connectivity index (χ3n) is 4.20. The molecule has 7 nitrogen and oxygen atoms in total. The van der Waals surface area contributed by atoms with E-state index >= 15 is 0 Å². The molecule has 0 saturated carbocycles. The molecule has 1 atom stereocenters. The van der Waals surface area contributed by atoms with Crippen molar-refractivity contribution in [1.82, 2.24) is 15.5 Å². The van der Waals surface area contributed by atoms with Crippen LogP contribution < -0.4 is 21.1 Å². The molecule has 0 aliphatic carbocycles. The van der Waals surface area contributed by atoms with Gasteiger partial charge in [-0.1, -0.05) is 18.2 Å². The predicted octanol–water partition coefficient (Wildman–Crippen LogP) is 0.867. The lowest BCUT2D eigenvalue weighted by molar-refractivity contribution is -0.125. The molecule has 1 unspecified atom stereocenters. The fourth-order valence-corrected chi connectivity index (χ4v) is 2.95. The van der Waals surface area contributed by atoms with Crippen LogP contribution in [0.4, 0.5) is 0 Å². The van der Waals surface area contributed by atoms with Crippen molar-refractivity contribution in [3.63, 3.8) is 0 Å². The third-order valence-corrected chi connectivity index (χ3v) is 4.20. The summed E-state index contributed by atoms with van der Waals surface area (Å²) in [6, 6.07) is 7.93. The molecule has 0 aromatic heterocycles. The molecule has 0 spiro atoms. The van der Waals surface area contributed by atoms with Crippen molar-refractivity contribution in [3.8, 4) is 5.75 Å². The Balaban J connectivity index is 0.00000312. The normalized spacial score (nSPS) is 14.5. The van der Waals surface area contributed by atoms with Crippen molar-refractivity contribution >= 4 is 36.6 Å². The molecule has 1 heterocycles. The summed E-state index contributed by atoms with van der Waals surface area (Å²) in [5, 5.41) is 5.37. The van der Waals surface area contributed by atoms with Gasteiger partial charge in [0.05, 0.1) is 26.2 Å². The minimum absolute atomic E-state index is 0. The fourth-order valence-electron chi connectivity index (χ4n) is 2.95. The molecule has 1 aliphatic rings. The van der Waals surface area contributed by atoms with Crippen LogP contribution in [0.5, 0.6) is 5.75 Å². The zero-order valence-electron chi connectivity index (χ0n) is 14.9. The Kier molecular flexibility index (Phi) is 12.0. The summed E-state index contributed by atoms with van der Waals surface area (Å²) in [6.45, 7) is 2.29. The summed E-state index contributed by atoms with van der Waals surface area (Å²) >= 11 is 0. The Labute approximate surface area is 166 Å². The minimum Gasteiger partial charge on any atom is -0.496 e. The molecule has 9 heteroatoms. The maximum absolute atomic E-state index is 12.0. The third kappa shape index (κ3) is 6.99. The number of rotatable bonds is 8. The van der Waals surface area contributed by atoms with Crippen molar-refractivity contribution < 1.29 is 14.3 Å². The number of likely N-dealkylation sites (tertiary alicyclic amines) is 1. The molecule has 2 rings (SSSR count). The molecular weight excluding hydrogens is 379 g/mol. The zero-order chi connectivity index (χ0) is 17.4. The van der Waals surface area contributed by atoms with E-state index in [2.05, 4.69) is 15.5 Å². The quantitative estimate of drug-likeness (QED) is 0.594. The summed E-state index contributed by atoms with van der Waals surface area (Å²) in [6.07, 6.45) is 2.32. The van der Waals surface area contributed by atoms with Crippen molar-refractivity contribution in [2.45, 2.75) is 18.9 Å². The Hall–Kier alpha value is -1.54. The average molecular weight is 407 g/mol. The van der Waals surface area contributed by atoms with Crippen molar-refractivity contribution in [3.05, 3.63) is 29.8 Å². The Bertz CT molecular complexity index is 569. The first-order valence-corrected chi connectivity index (χ1v) is 8.26. The Morgan fingerprint density at radius 1 is 1.15 bits per heavy atom. The van der Waals surface area contributed by atoms with Gasteiger partial charge in [0.25, 0.3) is 0 Å². The number of hydrogen-bond donors (Lipinski definition) is 3. The van der Waals surface area contributed by atoms with Gasteiger partial charge in [0.2, 0.25) is 11.8 Å². The van der Waals surface area contributed by atoms with Crippen LogP contribution in [-0.2, 0) is 9.59 Å². The summed E-state index contributed by atoms with van der Waals surface area (Å²) in [5.74, 6) is 0.252. The van der Waals surface area contributed by atoms with Gasteiger partial charge in [0.1, 0.15) is 5.75 Å². The topological polar surface area (TPSA) is 96.7 Å². The molecule has 1 aliphatic heterocycles. The van der Waals surface area contributed by atoms with Gasteiger partial charge in [-0.2, -0.15) is 0 Å². The lowest BCUT2D eigenvalue weighted by Crippen LogP contribution is -2.42. The number of nitrogens with zero attached hydrogens (tertiary/aromatic N) is 1. The molecular formula is C17H28Cl2N4O3. The van der Waals surface area contributed by atoms with E-state index in [0.29, 0.717) is 6.54 Å². The molecule has 2 amide bonds. The standard InChI is InChI=1S/C17H26N4O3.2ClH/c1-24-15-7-3-2-6-13(15)14(21-8-4-5-9-21)11-19-17(23)12-20-16(22)10-18;;/h2-3,6-7,14H,4-5,8-12,18H2,1H3,(H,19,23)(H,20,22);2*1H. The molecule has 0 bridgehead atoms. The number of halogens is 2. The molecule has 0 radical (unpaired) electrons. The molecule has 1 saturated heterocycles. The highest BCUT2D eigenvalue weighted by Gasteiger charge is 2.26. The van der Waals surface area contributed by atoms with E-state index in [-0.39, 0.29) is 55.8 Å². The van der Waals surface area contributed by atoms with E-state index in [9.17, 15) is 9.59 Å². The second-order valence-electron chi connectivity index (χ2n) is 5.79. The van der Waals surface area contributed by atoms with Crippen LogP contribution in [0.25, 0.3) is 0 Å². The van der Waals surface area contributed by atoms with Gasteiger partial charge in [-0.15, -0.1) is 24.8 Å². The predicted molar refractivity (Wildman–Crippen MR) is 106 cm³/mol. The molecule has 1 aromatic rings. The van der Waals surface area contributed by atoms with Gasteiger partial charge in [-0.05, 0) is 32.0 Å². The van der Waals surface area contributed by atoms with E-state index in [1.807, 2.05) is 24.3 Å². The summed E-state index contributed by atoms with van der Waals surface area (Å²) in [5.41, 5.74) is 6.27. The number of ether oxygens (including phenoxy) is 1. The smallest absolute Gasteiger partial charge is 0.239 e. The highest BCUT2D eigenvalue weighted by molar-refractivity contribution is 5.86. The molecule has 148 valence electrons. The summed E-state index contributed by atoms with van der Waals surface area (Å²) in [7, 11) is 1.65. The van der Waals surface area contributed by atoms with E-state index < -0.39 is 0 Å². The molecule has 4 N–H and O–H groups in total. The van der Waals surface area contributed by atoms with E-state index in [0.717, 1.165) is 37.2 Å². The maximum atomic E-state index is 12.0. The minimum atomic E-state index is -0.342. The maximum Gasteiger partial charge on any atom is 0.239 e. The van der Waals surface area contributed by atoms with Gasteiger partial charge < -0.3 is 21.1 Å². The van der Waals surface area contributed by atoms with Crippen LogP contribution in [0.1, 0.15) is 24.4 Å². The van der Waals surface area contributed by atoms with Crippen molar-refractivity contribution in [2.24, 2.45) is 5.73 Å². The summed E-state index contributed by atoms with van der Waals surface area (Å²) < 4.78 is 5.48. The number of carbonyl (C=O) groups is 2. The van der Waals surface area contributed by atoms with E-state index in [4.69, 9.17) is 10.5 Å². The molecule has 1 aromatic carbocycles. The second-order valence-corrected chi connectivity index (χ2v) is 5.79. The SMILES string of the molecule is COc1ccccc1C(CNC(=O)CNC(=O)CN)N1CCCC1.Cl.Cl. The van der Waals surface area contributed by atoms with Gasteiger partial charge in [-0.25, -0.2) is 0 Å². The molecule has 1 fully saturated rings. The number of amides is 2. The van der Waals surface area contributed by atoms with Gasteiger partial charge >= 0.3 is 0 Å². The number of para-hydroxylation sites is 1. The lowest BCUT2D eigenvalue weighted by Gasteiger charge is -2.29. The fraction of sp³-hybridized carbons (Fsp3) is 0.529. The zero-order valence-corrected chi connectivity index (χ0v) is 16.5.